The summed E-state index contributed by atoms with van der Waals surface area (Å²) in [5, 5.41) is 8.61. The van der Waals surface area contributed by atoms with E-state index in [9.17, 15) is 9.59 Å². The number of carboxylic acid groups (broad SMARTS) is 1. The number of carbonyl (C=O) groups is 2. The van der Waals surface area contributed by atoms with Crippen molar-refractivity contribution in [3.63, 3.8) is 0 Å². The maximum Gasteiger partial charge on any atom is 0.316 e. The lowest BCUT2D eigenvalue weighted by Gasteiger charge is -2.39. The van der Waals surface area contributed by atoms with Gasteiger partial charge in [0, 0.05) is 0 Å². The number of rotatable bonds is 4. The summed E-state index contributed by atoms with van der Waals surface area (Å²) in [5.74, 6) is -1.22. The molecule has 0 heterocycles. The van der Waals surface area contributed by atoms with Crippen LogP contribution in [0.5, 0.6) is 0 Å². The van der Waals surface area contributed by atoms with Crippen LogP contribution in [0.1, 0.15) is 25.7 Å². The SMILES string of the molecule is O=C(O)CC1(OC(=O)CI)CCC1. The molecule has 0 radical (unpaired) electrons. The van der Waals surface area contributed by atoms with Crippen molar-refractivity contribution in [2.24, 2.45) is 0 Å². The number of hydrogen-bond donors (Lipinski definition) is 1. The average molecular weight is 298 g/mol. The number of aliphatic carboxylic acids is 1. The second-order valence-corrected chi connectivity index (χ2v) is 3.98. The first-order valence-electron chi connectivity index (χ1n) is 4.08. The minimum Gasteiger partial charge on any atom is -0.481 e. The third-order valence-electron chi connectivity index (χ3n) is 2.18. The quantitative estimate of drug-likeness (QED) is 0.483. The van der Waals surface area contributed by atoms with Crippen LogP contribution >= 0.6 is 22.6 Å². The number of carbonyl (C=O) groups excluding carboxylic acids is 1. The lowest BCUT2D eigenvalue weighted by atomic mass is 9.77. The lowest BCUT2D eigenvalue weighted by molar-refractivity contribution is -0.171. The highest BCUT2D eigenvalue weighted by Gasteiger charge is 2.42. The molecular weight excluding hydrogens is 287 g/mol. The Morgan fingerprint density at radius 2 is 2.08 bits per heavy atom. The molecule has 1 rings (SSSR count). The molecule has 1 aliphatic carbocycles. The molecule has 1 N–H and O–H groups in total. The standard InChI is InChI=1S/C8H11IO4/c9-5-7(12)13-8(2-1-3-8)4-6(10)11/h1-5H2,(H,10,11). The zero-order chi connectivity index (χ0) is 9.90. The third kappa shape index (κ3) is 2.82. The Hall–Kier alpha value is -0.330. The highest BCUT2D eigenvalue weighted by atomic mass is 127. The number of carboxylic acids is 1. The van der Waals surface area contributed by atoms with E-state index in [0.717, 1.165) is 6.42 Å². The number of alkyl halides is 1. The van der Waals surface area contributed by atoms with Gasteiger partial charge in [-0.2, -0.15) is 0 Å². The van der Waals surface area contributed by atoms with E-state index >= 15 is 0 Å². The summed E-state index contributed by atoms with van der Waals surface area (Å²) in [6.07, 6.45) is 2.25. The summed E-state index contributed by atoms with van der Waals surface area (Å²) in [4.78, 5) is 21.5. The van der Waals surface area contributed by atoms with E-state index in [1.807, 2.05) is 22.6 Å². The van der Waals surface area contributed by atoms with Gasteiger partial charge in [0.05, 0.1) is 10.8 Å². The van der Waals surface area contributed by atoms with Gasteiger partial charge in [-0.05, 0) is 19.3 Å². The van der Waals surface area contributed by atoms with Crippen molar-refractivity contribution in [2.45, 2.75) is 31.3 Å². The first-order chi connectivity index (χ1) is 6.08. The average Bonchev–Trinajstić information content (AvgIpc) is 1.99. The number of halogens is 1. The molecular formula is C8H11IO4. The predicted octanol–water partition coefficient (Wildman–Crippen LogP) is 1.36. The van der Waals surface area contributed by atoms with Crippen molar-refractivity contribution >= 4 is 34.5 Å². The molecule has 0 saturated heterocycles. The maximum absolute atomic E-state index is 11.0. The Morgan fingerprint density at radius 3 is 2.38 bits per heavy atom. The number of hydrogen-bond acceptors (Lipinski definition) is 3. The molecule has 13 heavy (non-hydrogen) atoms. The zero-order valence-corrected chi connectivity index (χ0v) is 9.24. The second-order valence-electron chi connectivity index (χ2n) is 3.21. The Kier molecular flexibility index (Phi) is 3.52. The lowest BCUT2D eigenvalue weighted by Crippen LogP contribution is -2.44. The van der Waals surface area contributed by atoms with Crippen molar-refractivity contribution in [2.75, 3.05) is 4.43 Å². The molecule has 1 saturated carbocycles. The number of ether oxygens (including phenoxy) is 1. The molecule has 0 amide bonds. The van der Waals surface area contributed by atoms with Crippen LogP contribution in [0.4, 0.5) is 0 Å². The van der Waals surface area contributed by atoms with Gasteiger partial charge < -0.3 is 9.84 Å². The molecule has 4 nitrogen and oxygen atoms in total. The third-order valence-corrected chi connectivity index (χ3v) is 2.80. The highest BCUT2D eigenvalue weighted by molar-refractivity contribution is 14.1. The van der Waals surface area contributed by atoms with E-state index in [2.05, 4.69) is 0 Å². The molecule has 0 spiro atoms. The maximum atomic E-state index is 11.0. The first-order valence-corrected chi connectivity index (χ1v) is 5.60. The fourth-order valence-electron chi connectivity index (χ4n) is 1.43. The van der Waals surface area contributed by atoms with Crippen molar-refractivity contribution in [1.82, 2.24) is 0 Å². The van der Waals surface area contributed by atoms with Crippen LogP contribution in [0.2, 0.25) is 0 Å². The molecule has 0 aromatic rings. The van der Waals surface area contributed by atoms with Crippen LogP contribution in [0.25, 0.3) is 0 Å². The molecule has 0 atom stereocenters. The van der Waals surface area contributed by atoms with Crippen LogP contribution < -0.4 is 0 Å². The molecule has 5 heteroatoms. The Labute approximate surface area is 89.8 Å². The molecule has 1 aliphatic rings. The van der Waals surface area contributed by atoms with Crippen molar-refractivity contribution in [3.05, 3.63) is 0 Å². The fraction of sp³-hybridized carbons (Fsp3) is 0.750. The predicted molar refractivity (Wildman–Crippen MR) is 53.8 cm³/mol. The van der Waals surface area contributed by atoms with Gasteiger partial charge in [-0.15, -0.1) is 0 Å². The Morgan fingerprint density at radius 1 is 1.46 bits per heavy atom. The van der Waals surface area contributed by atoms with Gasteiger partial charge in [-0.1, -0.05) is 22.6 Å². The number of esters is 1. The molecule has 0 aromatic heterocycles. The van der Waals surface area contributed by atoms with E-state index in [1.54, 1.807) is 0 Å². The molecule has 1 fully saturated rings. The normalized spacial score (nSPS) is 18.8. The van der Waals surface area contributed by atoms with Crippen LogP contribution in [-0.2, 0) is 14.3 Å². The van der Waals surface area contributed by atoms with E-state index < -0.39 is 11.6 Å². The smallest absolute Gasteiger partial charge is 0.316 e. The van der Waals surface area contributed by atoms with Gasteiger partial charge in [0.2, 0.25) is 0 Å². The molecule has 0 aliphatic heterocycles. The van der Waals surface area contributed by atoms with Crippen LogP contribution in [0, 0.1) is 0 Å². The van der Waals surface area contributed by atoms with Crippen LogP contribution in [-0.4, -0.2) is 27.1 Å². The van der Waals surface area contributed by atoms with E-state index in [0.29, 0.717) is 12.8 Å². The molecule has 0 aromatic carbocycles. The first kappa shape index (κ1) is 10.7. The summed E-state index contributed by atoms with van der Waals surface area (Å²) in [6, 6.07) is 0. The van der Waals surface area contributed by atoms with Crippen molar-refractivity contribution < 1.29 is 19.4 Å². The van der Waals surface area contributed by atoms with Crippen molar-refractivity contribution in [3.8, 4) is 0 Å². The Bertz CT molecular complexity index is 222. The van der Waals surface area contributed by atoms with Gasteiger partial charge in [0.25, 0.3) is 0 Å². The fourth-order valence-corrected chi connectivity index (χ4v) is 1.59. The molecule has 0 unspecified atom stereocenters. The summed E-state index contributed by atoms with van der Waals surface area (Å²) in [5.41, 5.74) is -0.686. The van der Waals surface area contributed by atoms with E-state index in [-0.39, 0.29) is 16.8 Å². The van der Waals surface area contributed by atoms with Gasteiger partial charge in [-0.3, -0.25) is 9.59 Å². The molecule has 0 bridgehead atoms. The minimum atomic E-state index is -0.902. The zero-order valence-electron chi connectivity index (χ0n) is 7.09. The van der Waals surface area contributed by atoms with Gasteiger partial charge in [0.15, 0.2) is 0 Å². The Balaban J connectivity index is 2.49. The van der Waals surface area contributed by atoms with E-state index in [4.69, 9.17) is 9.84 Å². The van der Waals surface area contributed by atoms with Gasteiger partial charge >= 0.3 is 11.9 Å². The van der Waals surface area contributed by atoms with Crippen LogP contribution in [0.3, 0.4) is 0 Å². The topological polar surface area (TPSA) is 63.6 Å². The van der Waals surface area contributed by atoms with Gasteiger partial charge in [0.1, 0.15) is 5.60 Å². The second kappa shape index (κ2) is 4.26. The summed E-state index contributed by atoms with van der Waals surface area (Å²) in [7, 11) is 0. The molecule has 74 valence electrons. The minimum absolute atomic E-state index is 0.0601. The summed E-state index contributed by atoms with van der Waals surface area (Å²) >= 11 is 1.91. The summed E-state index contributed by atoms with van der Waals surface area (Å²) in [6.45, 7) is 0. The monoisotopic (exact) mass is 298 g/mol. The van der Waals surface area contributed by atoms with E-state index in [1.165, 1.54) is 0 Å². The van der Waals surface area contributed by atoms with Gasteiger partial charge in [-0.25, -0.2) is 0 Å². The van der Waals surface area contributed by atoms with Crippen LogP contribution in [0.15, 0.2) is 0 Å². The summed E-state index contributed by atoms with van der Waals surface area (Å²) < 4.78 is 5.38. The highest BCUT2D eigenvalue weighted by Crippen LogP contribution is 2.38. The van der Waals surface area contributed by atoms with Crippen molar-refractivity contribution in [1.29, 1.82) is 0 Å². The largest absolute Gasteiger partial charge is 0.481 e.